The summed E-state index contributed by atoms with van der Waals surface area (Å²) in [5, 5.41) is 17.5. The van der Waals surface area contributed by atoms with Crippen LogP contribution in [0.25, 0.3) is 11.3 Å². The summed E-state index contributed by atoms with van der Waals surface area (Å²) >= 11 is 1.22. The number of aromatic nitrogens is 1. The van der Waals surface area contributed by atoms with E-state index in [1.165, 1.54) is 35.1 Å². The topological polar surface area (TPSA) is 76.0 Å². The van der Waals surface area contributed by atoms with Crippen molar-refractivity contribution in [3.8, 4) is 11.3 Å². The standard InChI is InChI=1S/C28H23F2N5O2S/c1-28(2)21-6-4-5-7-24(21)33(3)26(28)14-15-31-34-25(18-8-11-20(12-9-18)35(36)37)17-38-27(34)32-23-13-10-19(29)16-22(23)30/h4-17H,1-3H3. The van der Waals surface area contributed by atoms with Crippen molar-refractivity contribution in [2.75, 3.05) is 11.9 Å². The van der Waals surface area contributed by atoms with Crippen LogP contribution in [0.2, 0.25) is 0 Å². The van der Waals surface area contributed by atoms with Gasteiger partial charge in [-0.2, -0.15) is 5.10 Å². The molecule has 0 N–H and O–H groups in total. The molecule has 7 nitrogen and oxygen atoms in total. The number of nitro groups is 1. The summed E-state index contributed by atoms with van der Waals surface area (Å²) in [5.41, 5.74) is 4.34. The molecule has 1 aromatic heterocycles. The van der Waals surface area contributed by atoms with Gasteiger partial charge in [-0.15, -0.1) is 11.3 Å². The molecule has 4 aromatic rings. The molecule has 192 valence electrons. The number of rotatable bonds is 5. The summed E-state index contributed by atoms with van der Waals surface area (Å²) in [6, 6.07) is 17.4. The van der Waals surface area contributed by atoms with Crippen molar-refractivity contribution < 1.29 is 13.7 Å². The van der Waals surface area contributed by atoms with E-state index in [9.17, 15) is 18.9 Å². The Morgan fingerprint density at radius 2 is 1.79 bits per heavy atom. The molecule has 0 bridgehead atoms. The van der Waals surface area contributed by atoms with Crippen LogP contribution in [0.15, 0.2) is 94.0 Å². The number of anilines is 1. The maximum Gasteiger partial charge on any atom is 0.269 e. The number of likely N-dealkylation sites (N-methyl/N-ethyl adjacent to an activating group) is 1. The van der Waals surface area contributed by atoms with Gasteiger partial charge in [-0.1, -0.05) is 32.0 Å². The lowest BCUT2D eigenvalue weighted by Gasteiger charge is -2.23. The van der Waals surface area contributed by atoms with Crippen LogP contribution >= 0.6 is 11.3 Å². The van der Waals surface area contributed by atoms with Crippen LogP contribution in [0, 0.1) is 21.7 Å². The van der Waals surface area contributed by atoms with Gasteiger partial charge in [0.2, 0.25) is 4.80 Å². The third kappa shape index (κ3) is 4.54. The number of nitrogens with zero attached hydrogens (tertiary/aromatic N) is 5. The Hall–Kier alpha value is -4.44. The first kappa shape index (κ1) is 25.2. The summed E-state index contributed by atoms with van der Waals surface area (Å²) in [6.07, 6.45) is 3.58. The molecule has 10 heteroatoms. The Morgan fingerprint density at radius 1 is 1.05 bits per heavy atom. The molecule has 0 spiro atoms. The molecule has 5 rings (SSSR count). The lowest BCUT2D eigenvalue weighted by Crippen LogP contribution is -2.23. The highest BCUT2D eigenvalue weighted by Crippen LogP contribution is 2.46. The predicted octanol–water partition coefficient (Wildman–Crippen LogP) is 6.78. The Labute approximate surface area is 221 Å². The molecule has 0 aliphatic carbocycles. The fourth-order valence-corrected chi connectivity index (χ4v) is 5.44. The van der Waals surface area contributed by atoms with E-state index in [2.05, 4.69) is 41.0 Å². The first-order valence-electron chi connectivity index (χ1n) is 11.7. The number of benzene rings is 3. The number of para-hydroxylation sites is 1. The van der Waals surface area contributed by atoms with Crippen molar-refractivity contribution >= 4 is 34.6 Å². The van der Waals surface area contributed by atoms with Gasteiger partial charge in [0.15, 0.2) is 5.82 Å². The number of thiazole rings is 1. The molecule has 0 fully saturated rings. The summed E-state index contributed by atoms with van der Waals surface area (Å²) < 4.78 is 29.3. The van der Waals surface area contributed by atoms with Crippen molar-refractivity contribution in [3.63, 3.8) is 0 Å². The van der Waals surface area contributed by atoms with E-state index in [0.29, 0.717) is 16.1 Å². The third-order valence-corrected chi connectivity index (χ3v) is 7.36. The van der Waals surface area contributed by atoms with Crippen molar-refractivity contribution in [2.45, 2.75) is 19.3 Å². The average molecular weight is 532 g/mol. The Balaban J connectivity index is 1.60. The van der Waals surface area contributed by atoms with Gasteiger partial charge in [0, 0.05) is 59.2 Å². The summed E-state index contributed by atoms with van der Waals surface area (Å²) in [6.45, 7) is 4.29. The summed E-state index contributed by atoms with van der Waals surface area (Å²) in [7, 11) is 2.01. The number of hydrogen-bond donors (Lipinski definition) is 0. The monoisotopic (exact) mass is 531 g/mol. The summed E-state index contributed by atoms with van der Waals surface area (Å²) in [4.78, 5) is 17.5. The van der Waals surface area contributed by atoms with Crippen LogP contribution in [0.4, 0.5) is 25.8 Å². The van der Waals surface area contributed by atoms with Gasteiger partial charge in [-0.05, 0) is 42.0 Å². The Kier molecular flexibility index (Phi) is 6.50. The maximum absolute atomic E-state index is 14.4. The zero-order chi connectivity index (χ0) is 27.0. The number of hydrogen-bond acceptors (Lipinski definition) is 6. The van der Waals surface area contributed by atoms with Gasteiger partial charge in [-0.3, -0.25) is 10.1 Å². The Morgan fingerprint density at radius 3 is 2.47 bits per heavy atom. The normalized spacial score (nSPS) is 16.0. The highest BCUT2D eigenvalue weighted by Gasteiger charge is 2.37. The highest BCUT2D eigenvalue weighted by atomic mass is 32.1. The largest absolute Gasteiger partial charge is 0.347 e. The van der Waals surface area contributed by atoms with E-state index in [0.717, 1.165) is 23.5 Å². The summed E-state index contributed by atoms with van der Waals surface area (Å²) in [5.74, 6) is -1.49. The number of allylic oxidation sites excluding steroid dienone is 2. The van der Waals surface area contributed by atoms with E-state index in [-0.39, 0.29) is 16.8 Å². The molecule has 0 saturated carbocycles. The molecule has 1 aliphatic heterocycles. The van der Waals surface area contributed by atoms with Gasteiger partial charge in [0.05, 0.1) is 10.6 Å². The molecule has 0 atom stereocenters. The quantitative estimate of drug-likeness (QED) is 0.162. The van der Waals surface area contributed by atoms with Gasteiger partial charge >= 0.3 is 0 Å². The first-order valence-corrected chi connectivity index (χ1v) is 12.6. The van der Waals surface area contributed by atoms with Crippen LogP contribution < -0.4 is 9.70 Å². The molecule has 2 heterocycles. The zero-order valence-electron chi connectivity index (χ0n) is 20.8. The molecular formula is C28H23F2N5O2S. The van der Waals surface area contributed by atoms with E-state index >= 15 is 0 Å². The van der Waals surface area contributed by atoms with E-state index in [1.54, 1.807) is 28.4 Å². The van der Waals surface area contributed by atoms with Crippen molar-refractivity contribution in [1.82, 2.24) is 4.68 Å². The third-order valence-electron chi connectivity index (χ3n) is 6.54. The lowest BCUT2D eigenvalue weighted by molar-refractivity contribution is -0.384. The van der Waals surface area contributed by atoms with Crippen molar-refractivity contribution in [1.29, 1.82) is 0 Å². The zero-order valence-corrected chi connectivity index (χ0v) is 21.6. The number of non-ortho nitro benzene ring substituents is 1. The van der Waals surface area contributed by atoms with Crippen molar-refractivity contribution in [3.05, 3.63) is 116 Å². The number of nitro benzene ring substituents is 1. The smallest absolute Gasteiger partial charge is 0.269 e. The minimum absolute atomic E-state index is 0.0297. The van der Waals surface area contributed by atoms with Gasteiger partial charge in [0.1, 0.15) is 11.5 Å². The molecule has 0 unspecified atom stereocenters. The molecule has 1 aliphatic rings. The van der Waals surface area contributed by atoms with E-state index in [4.69, 9.17) is 0 Å². The van der Waals surface area contributed by atoms with Crippen LogP contribution in [-0.4, -0.2) is 22.9 Å². The molecule has 38 heavy (non-hydrogen) atoms. The van der Waals surface area contributed by atoms with Gasteiger partial charge < -0.3 is 4.90 Å². The fraction of sp³-hybridized carbons (Fsp3) is 0.143. The van der Waals surface area contributed by atoms with E-state index in [1.807, 2.05) is 25.3 Å². The predicted molar refractivity (Wildman–Crippen MR) is 146 cm³/mol. The highest BCUT2D eigenvalue weighted by molar-refractivity contribution is 7.07. The van der Waals surface area contributed by atoms with Gasteiger partial charge in [-0.25, -0.2) is 18.4 Å². The van der Waals surface area contributed by atoms with Crippen molar-refractivity contribution in [2.24, 2.45) is 10.1 Å². The molecule has 0 amide bonds. The SMILES string of the molecule is CN1C(=CC=Nn2c(-c3ccc([N+](=O)[O-])cc3)csc2=Nc2ccc(F)cc2F)C(C)(C)c2ccccc21. The molecule has 0 saturated heterocycles. The molecule has 3 aromatic carbocycles. The van der Waals surface area contributed by atoms with Gasteiger partial charge in [0.25, 0.3) is 5.69 Å². The second-order valence-corrected chi connectivity index (χ2v) is 10.1. The number of fused-ring (bicyclic) bond motifs is 1. The minimum Gasteiger partial charge on any atom is -0.347 e. The first-order chi connectivity index (χ1) is 18.2. The minimum atomic E-state index is -0.792. The second-order valence-electron chi connectivity index (χ2n) is 9.24. The van der Waals surface area contributed by atoms with Crippen LogP contribution in [0.1, 0.15) is 19.4 Å². The Bertz CT molecular complexity index is 1670. The lowest BCUT2D eigenvalue weighted by atomic mass is 9.84. The van der Waals surface area contributed by atoms with E-state index < -0.39 is 16.6 Å². The second kappa shape index (κ2) is 9.79. The molecular weight excluding hydrogens is 508 g/mol. The maximum atomic E-state index is 14.4. The molecule has 0 radical (unpaired) electrons. The van der Waals surface area contributed by atoms with Crippen LogP contribution in [0.5, 0.6) is 0 Å². The number of halogens is 2. The fourth-order valence-electron chi connectivity index (χ4n) is 4.59. The van der Waals surface area contributed by atoms with Crippen LogP contribution in [0.3, 0.4) is 0 Å². The average Bonchev–Trinajstić information content (AvgIpc) is 3.37. The van der Waals surface area contributed by atoms with Crippen LogP contribution in [-0.2, 0) is 5.41 Å².